The van der Waals surface area contributed by atoms with Crippen molar-refractivity contribution in [3.63, 3.8) is 0 Å². The summed E-state index contributed by atoms with van der Waals surface area (Å²) in [5.74, 6) is -0.981. The number of aliphatic carboxylic acids is 1. The van der Waals surface area contributed by atoms with E-state index in [1.54, 1.807) is 11.9 Å². The summed E-state index contributed by atoms with van der Waals surface area (Å²) in [4.78, 5) is 21.3. The van der Waals surface area contributed by atoms with Crippen molar-refractivity contribution in [3.8, 4) is 0 Å². The Balaban J connectivity index is 0.000000217. The topological polar surface area (TPSA) is 69.6 Å². The minimum Gasteiger partial charge on any atom is -0.478 e. The van der Waals surface area contributed by atoms with Crippen molar-refractivity contribution in [3.05, 3.63) is 12.7 Å². The molecule has 0 aromatic rings. The van der Waals surface area contributed by atoms with E-state index in [2.05, 4.69) is 11.9 Å². The molecule has 5 nitrogen and oxygen atoms in total. The lowest BCUT2D eigenvalue weighted by molar-refractivity contribution is -0.131. The van der Waals surface area contributed by atoms with Gasteiger partial charge in [0.15, 0.2) is 0 Å². The second kappa shape index (κ2) is 5.17. The number of rotatable bonds is 1. The van der Waals surface area contributed by atoms with Crippen molar-refractivity contribution < 1.29 is 14.7 Å². The fraction of sp³-hybridized carbons (Fsp3) is 0.429. The normalized spacial score (nSPS) is 14.4. The van der Waals surface area contributed by atoms with Gasteiger partial charge in [-0.15, -0.1) is 0 Å². The molecule has 0 spiro atoms. The minimum atomic E-state index is -0.981. The Kier molecular flexibility index (Phi) is 4.52. The van der Waals surface area contributed by atoms with Crippen molar-refractivity contribution in [2.45, 2.75) is 0 Å². The van der Waals surface area contributed by atoms with Gasteiger partial charge in [0.2, 0.25) is 0 Å². The third-order valence-corrected chi connectivity index (χ3v) is 1.24. The molecule has 1 aliphatic rings. The van der Waals surface area contributed by atoms with Crippen LogP contribution < -0.4 is 5.32 Å². The number of carbonyl (C=O) groups excluding carboxylic acids is 1. The first kappa shape index (κ1) is 10.5. The lowest BCUT2D eigenvalue weighted by Gasteiger charge is -2.01. The van der Waals surface area contributed by atoms with Crippen molar-refractivity contribution in [2.24, 2.45) is 0 Å². The van der Waals surface area contributed by atoms with E-state index in [9.17, 15) is 9.59 Å². The van der Waals surface area contributed by atoms with E-state index in [1.807, 2.05) is 0 Å². The van der Waals surface area contributed by atoms with Crippen molar-refractivity contribution >= 4 is 12.0 Å². The van der Waals surface area contributed by atoms with Crippen molar-refractivity contribution in [1.29, 1.82) is 0 Å². The van der Waals surface area contributed by atoms with Gasteiger partial charge < -0.3 is 15.3 Å². The monoisotopic (exact) mass is 172 g/mol. The number of carboxylic acid groups (broad SMARTS) is 1. The molecular formula is C7H12N2O3. The quantitative estimate of drug-likeness (QED) is 0.542. The first-order chi connectivity index (χ1) is 5.57. The summed E-state index contributed by atoms with van der Waals surface area (Å²) in [6.07, 6.45) is 0.833. The molecule has 0 atom stereocenters. The SMILES string of the molecule is C=CC(=O)O.CN1CCNC1=O. The zero-order valence-corrected chi connectivity index (χ0v) is 6.91. The van der Waals surface area contributed by atoms with E-state index < -0.39 is 5.97 Å². The standard InChI is InChI=1S/C4H8N2O.C3H4O2/c1-6-3-2-5-4(6)7;1-2-3(4)5/h2-3H2,1H3,(H,5,7);2H,1H2,(H,4,5). The molecule has 0 unspecified atom stereocenters. The molecule has 68 valence electrons. The number of urea groups is 1. The molecule has 0 aromatic heterocycles. The summed E-state index contributed by atoms with van der Waals surface area (Å²) in [5, 5.41) is 10.3. The lowest BCUT2D eigenvalue weighted by atomic mass is 10.7. The Labute approximate surface area is 70.7 Å². The fourth-order valence-electron chi connectivity index (χ4n) is 0.567. The highest BCUT2D eigenvalue weighted by Crippen LogP contribution is 1.88. The third-order valence-electron chi connectivity index (χ3n) is 1.24. The maximum atomic E-state index is 10.4. The van der Waals surface area contributed by atoms with Crippen LogP contribution in [-0.2, 0) is 4.79 Å². The van der Waals surface area contributed by atoms with Crippen LogP contribution in [0.15, 0.2) is 12.7 Å². The summed E-state index contributed by atoms with van der Waals surface area (Å²) in [6, 6.07) is 0.0417. The summed E-state index contributed by atoms with van der Waals surface area (Å²) in [7, 11) is 1.78. The Morgan fingerprint density at radius 3 is 2.42 bits per heavy atom. The zero-order chi connectivity index (χ0) is 9.56. The molecular weight excluding hydrogens is 160 g/mol. The Morgan fingerprint density at radius 2 is 2.33 bits per heavy atom. The number of hydrogen-bond acceptors (Lipinski definition) is 2. The van der Waals surface area contributed by atoms with Gasteiger partial charge in [-0.1, -0.05) is 6.58 Å². The number of amides is 2. The van der Waals surface area contributed by atoms with Crippen molar-refractivity contribution in [2.75, 3.05) is 20.1 Å². The number of carboxylic acids is 1. The molecule has 0 bridgehead atoms. The van der Waals surface area contributed by atoms with Crippen LogP contribution in [0, 0.1) is 0 Å². The zero-order valence-electron chi connectivity index (χ0n) is 6.91. The Bertz CT molecular complexity index is 191. The van der Waals surface area contributed by atoms with Gasteiger partial charge in [-0.2, -0.15) is 0 Å². The number of hydrogen-bond donors (Lipinski definition) is 2. The van der Waals surface area contributed by atoms with Crippen LogP contribution in [0.25, 0.3) is 0 Å². The molecule has 12 heavy (non-hydrogen) atoms. The molecule has 2 amide bonds. The van der Waals surface area contributed by atoms with Gasteiger partial charge in [-0.05, 0) is 0 Å². The van der Waals surface area contributed by atoms with Crippen LogP contribution in [-0.4, -0.2) is 42.1 Å². The summed E-state index contributed by atoms with van der Waals surface area (Å²) < 4.78 is 0. The maximum absolute atomic E-state index is 10.4. The fourth-order valence-corrected chi connectivity index (χ4v) is 0.567. The molecule has 0 aromatic carbocycles. The smallest absolute Gasteiger partial charge is 0.327 e. The highest BCUT2D eigenvalue weighted by molar-refractivity contribution is 5.78. The summed E-state index contributed by atoms with van der Waals surface area (Å²) >= 11 is 0. The Hall–Kier alpha value is -1.52. The summed E-state index contributed by atoms with van der Waals surface area (Å²) in [6.45, 7) is 4.61. The molecule has 5 heteroatoms. The van der Waals surface area contributed by atoms with Gasteiger partial charge in [0.05, 0.1) is 0 Å². The first-order valence-corrected chi connectivity index (χ1v) is 3.42. The van der Waals surface area contributed by atoms with Crippen LogP contribution in [0.2, 0.25) is 0 Å². The number of likely N-dealkylation sites (N-methyl/N-ethyl adjacent to an activating group) is 1. The molecule has 0 radical (unpaired) electrons. The van der Waals surface area contributed by atoms with Gasteiger partial charge in [-0.3, -0.25) is 0 Å². The van der Waals surface area contributed by atoms with Gasteiger partial charge in [0, 0.05) is 26.2 Å². The highest BCUT2D eigenvalue weighted by atomic mass is 16.4. The van der Waals surface area contributed by atoms with E-state index in [0.29, 0.717) is 0 Å². The van der Waals surface area contributed by atoms with Crippen LogP contribution in [0.5, 0.6) is 0 Å². The van der Waals surface area contributed by atoms with E-state index in [4.69, 9.17) is 5.11 Å². The molecule has 0 saturated carbocycles. The highest BCUT2D eigenvalue weighted by Gasteiger charge is 2.12. The van der Waals surface area contributed by atoms with Gasteiger partial charge in [0.1, 0.15) is 0 Å². The van der Waals surface area contributed by atoms with Crippen LogP contribution >= 0.6 is 0 Å². The average molecular weight is 172 g/mol. The first-order valence-electron chi connectivity index (χ1n) is 3.42. The molecule has 1 saturated heterocycles. The maximum Gasteiger partial charge on any atom is 0.327 e. The summed E-state index contributed by atoms with van der Waals surface area (Å²) in [5.41, 5.74) is 0. The van der Waals surface area contributed by atoms with Gasteiger partial charge in [0.25, 0.3) is 0 Å². The number of nitrogens with one attached hydrogen (secondary N) is 1. The molecule has 1 heterocycles. The predicted molar refractivity (Wildman–Crippen MR) is 43.9 cm³/mol. The number of nitrogens with zero attached hydrogens (tertiary/aromatic N) is 1. The van der Waals surface area contributed by atoms with E-state index >= 15 is 0 Å². The Morgan fingerprint density at radius 1 is 1.83 bits per heavy atom. The second-order valence-electron chi connectivity index (χ2n) is 2.20. The van der Waals surface area contributed by atoms with E-state index in [0.717, 1.165) is 19.2 Å². The minimum absolute atomic E-state index is 0.0417. The van der Waals surface area contributed by atoms with E-state index in [1.165, 1.54) is 0 Å². The molecule has 1 rings (SSSR count). The van der Waals surface area contributed by atoms with Gasteiger partial charge in [-0.25, -0.2) is 9.59 Å². The third kappa shape index (κ3) is 4.32. The molecule has 2 N–H and O–H groups in total. The van der Waals surface area contributed by atoms with Crippen LogP contribution in [0.4, 0.5) is 4.79 Å². The van der Waals surface area contributed by atoms with Crippen molar-refractivity contribution in [1.82, 2.24) is 10.2 Å². The van der Waals surface area contributed by atoms with Crippen LogP contribution in [0.3, 0.4) is 0 Å². The van der Waals surface area contributed by atoms with E-state index in [-0.39, 0.29) is 6.03 Å². The average Bonchev–Trinajstić information content (AvgIpc) is 2.37. The predicted octanol–water partition coefficient (Wildman–Crippen LogP) is -0.102. The van der Waals surface area contributed by atoms with Gasteiger partial charge >= 0.3 is 12.0 Å². The second-order valence-corrected chi connectivity index (χ2v) is 2.20. The lowest BCUT2D eigenvalue weighted by Crippen LogP contribution is -2.23. The molecule has 1 fully saturated rings. The molecule has 1 aliphatic heterocycles. The largest absolute Gasteiger partial charge is 0.478 e. The molecule has 0 aliphatic carbocycles. The number of carbonyl (C=O) groups is 2. The van der Waals surface area contributed by atoms with Crippen LogP contribution in [0.1, 0.15) is 0 Å².